The number of hydrogen-bond acceptors (Lipinski definition) is 7. The molecule has 5 unspecified atom stereocenters. The molecule has 46 heavy (non-hydrogen) atoms. The van der Waals surface area contributed by atoms with E-state index in [2.05, 4.69) is 126 Å². The van der Waals surface area contributed by atoms with Gasteiger partial charge in [0.05, 0.1) is 17.6 Å². The van der Waals surface area contributed by atoms with E-state index in [0.717, 1.165) is 37.1 Å². The van der Waals surface area contributed by atoms with Crippen LogP contribution in [0.2, 0.25) is 0 Å². The Bertz CT molecular complexity index is 1630. The van der Waals surface area contributed by atoms with Crippen molar-refractivity contribution in [1.82, 2.24) is 29.8 Å². The first-order valence-electron chi connectivity index (χ1n) is 16.8. The number of fused-ring (bicyclic) bond motifs is 5. The number of nitrogens with zero attached hydrogens (tertiary/aromatic N) is 3. The molecule has 0 amide bonds. The second-order valence-corrected chi connectivity index (χ2v) is 18.3. The molecule has 2 aromatic heterocycles. The predicted octanol–water partition coefficient (Wildman–Crippen LogP) is 5.84. The Balaban J connectivity index is 1.36. The number of rotatable bonds is 4. The highest BCUT2D eigenvalue weighted by Crippen LogP contribution is 2.34. The van der Waals surface area contributed by atoms with Crippen molar-refractivity contribution < 1.29 is 13.2 Å². The number of nitrogens with one attached hydrogen (secondary N) is 3. The summed E-state index contributed by atoms with van der Waals surface area (Å²) in [5.41, 5.74) is 5.72. The van der Waals surface area contributed by atoms with Gasteiger partial charge in [-0.2, -0.15) is 4.72 Å². The third kappa shape index (κ3) is 7.82. The predicted molar refractivity (Wildman–Crippen MR) is 193 cm³/mol. The molecule has 3 fully saturated rings. The van der Waals surface area contributed by atoms with Gasteiger partial charge in [0.15, 0.2) is 0 Å². The smallest absolute Gasteiger partial charge is 0.216 e. The molecular formula is C35H51IN6O3S. The van der Waals surface area contributed by atoms with E-state index in [-0.39, 0.29) is 29.6 Å². The van der Waals surface area contributed by atoms with Crippen LogP contribution in [0.4, 0.5) is 0 Å². The lowest BCUT2D eigenvalue weighted by Crippen LogP contribution is -2.64. The van der Waals surface area contributed by atoms with Crippen molar-refractivity contribution in [1.29, 1.82) is 0 Å². The fraction of sp³-hybridized carbons (Fsp3) is 0.629. The fourth-order valence-electron chi connectivity index (χ4n) is 7.94. The van der Waals surface area contributed by atoms with E-state index in [9.17, 15) is 8.42 Å². The molecule has 4 heterocycles. The van der Waals surface area contributed by atoms with Crippen LogP contribution in [-0.4, -0.2) is 59.8 Å². The van der Waals surface area contributed by atoms with Gasteiger partial charge < -0.3 is 9.30 Å². The normalized spacial score (nSPS) is 29.5. The Morgan fingerprint density at radius 2 is 1.83 bits per heavy atom. The highest BCUT2D eigenvalue weighted by molar-refractivity contribution is 14.1. The maximum atomic E-state index is 13.9. The number of benzene rings is 1. The van der Waals surface area contributed by atoms with Crippen molar-refractivity contribution in [2.45, 2.75) is 110 Å². The molecule has 3 aromatic rings. The average Bonchev–Trinajstić information content (AvgIpc) is 3.26. The third-order valence-electron chi connectivity index (χ3n) is 10.1. The highest BCUT2D eigenvalue weighted by atomic mass is 127. The third-order valence-corrected chi connectivity index (χ3v) is 12.8. The molecule has 0 spiro atoms. The van der Waals surface area contributed by atoms with Crippen LogP contribution in [0, 0.1) is 28.8 Å². The summed E-state index contributed by atoms with van der Waals surface area (Å²) in [6.45, 7) is 13.2. The minimum atomic E-state index is -3.58. The van der Waals surface area contributed by atoms with Gasteiger partial charge in [-0.05, 0) is 102 Å². The topological polar surface area (TPSA) is 101 Å². The van der Waals surface area contributed by atoms with Crippen LogP contribution in [-0.2, 0) is 28.4 Å². The average molecular weight is 763 g/mol. The Hall–Kier alpha value is -1.61. The van der Waals surface area contributed by atoms with E-state index in [1.807, 2.05) is 0 Å². The Labute approximate surface area is 288 Å². The maximum absolute atomic E-state index is 13.9. The van der Waals surface area contributed by atoms with Gasteiger partial charge in [0.1, 0.15) is 18.2 Å². The monoisotopic (exact) mass is 762 g/mol. The van der Waals surface area contributed by atoms with Crippen LogP contribution in [0.3, 0.4) is 0 Å². The van der Waals surface area contributed by atoms with E-state index < -0.39 is 21.6 Å². The van der Waals surface area contributed by atoms with Crippen LogP contribution < -0.4 is 15.4 Å². The molecule has 3 aliphatic rings. The van der Waals surface area contributed by atoms with E-state index >= 15 is 0 Å². The number of halogens is 1. The van der Waals surface area contributed by atoms with Crippen LogP contribution in [0.1, 0.15) is 87.7 Å². The molecular weight excluding hydrogens is 711 g/mol. The standard InChI is InChI=1S/C35H51IN6O3S/c1-22-9-7-10-23(2)32(22)30-16-31-39-34(38-30)40-46(43,44)27-12-8-11-24(15-27)18-42(26(21-45-31)17-35(3,4)5)19-25-13-14-28-29(36)20-41(6)33(28)37-25/h7,9-10,13-14,20,24,26-27,30-31,34,38-40H,8,11-12,15-19,21H2,1-6H3/t24?,26-,27?,30?,31?,34?/m1/s1. The number of hydrogen-bond donors (Lipinski definition) is 3. The summed E-state index contributed by atoms with van der Waals surface area (Å²) >= 11 is 2.38. The zero-order chi connectivity index (χ0) is 32.8. The summed E-state index contributed by atoms with van der Waals surface area (Å²) in [6, 6.07) is 10.8. The van der Waals surface area contributed by atoms with Gasteiger partial charge in [0.2, 0.25) is 10.0 Å². The molecule has 2 saturated heterocycles. The van der Waals surface area contributed by atoms with Crippen LogP contribution in [0.15, 0.2) is 36.5 Å². The Morgan fingerprint density at radius 1 is 1.07 bits per heavy atom. The molecule has 252 valence electrons. The number of aryl methyl sites for hydroxylation is 3. The number of sulfonamides is 1. The van der Waals surface area contributed by atoms with Crippen molar-refractivity contribution in [2.24, 2.45) is 18.4 Å². The van der Waals surface area contributed by atoms with E-state index in [0.29, 0.717) is 32.4 Å². The Morgan fingerprint density at radius 3 is 2.57 bits per heavy atom. The quantitative estimate of drug-likeness (QED) is 0.288. The van der Waals surface area contributed by atoms with Crippen LogP contribution in [0.5, 0.6) is 0 Å². The first-order valence-corrected chi connectivity index (χ1v) is 19.4. The second-order valence-electron chi connectivity index (χ2n) is 15.1. The molecule has 6 atom stereocenters. The SMILES string of the molecule is Cc1cccc(C)c1C1CC2NC(N1)NS(=O)(=O)C1CCCC(C1)CN(Cc1ccc3c(I)cn(C)c3n1)[C@H](CC(C)(C)C)CO2. The molecule has 9 nitrogen and oxygen atoms in total. The Kier molecular flexibility index (Phi) is 10.2. The fourth-order valence-corrected chi connectivity index (χ4v) is 10.4. The van der Waals surface area contributed by atoms with Gasteiger partial charge in [0.25, 0.3) is 0 Å². The summed E-state index contributed by atoms with van der Waals surface area (Å²) in [5.74, 6) is 0.279. The zero-order valence-corrected chi connectivity index (χ0v) is 31.1. The summed E-state index contributed by atoms with van der Waals surface area (Å²) in [4.78, 5) is 7.68. The lowest BCUT2D eigenvalue weighted by molar-refractivity contribution is -0.0517. The van der Waals surface area contributed by atoms with Crippen molar-refractivity contribution in [3.8, 4) is 0 Å². The molecule has 2 aliphatic heterocycles. The molecule has 11 heteroatoms. The minimum absolute atomic E-state index is 0.0504. The van der Waals surface area contributed by atoms with Crippen molar-refractivity contribution in [3.63, 3.8) is 0 Å². The van der Waals surface area contributed by atoms with Crippen LogP contribution >= 0.6 is 22.6 Å². The molecule has 1 saturated carbocycles. The van der Waals surface area contributed by atoms with Crippen molar-refractivity contribution >= 4 is 43.6 Å². The molecule has 1 aromatic carbocycles. The first-order chi connectivity index (χ1) is 21.8. The molecule has 0 radical (unpaired) electrons. The highest BCUT2D eigenvalue weighted by Gasteiger charge is 2.39. The van der Waals surface area contributed by atoms with Gasteiger partial charge in [-0.15, -0.1) is 0 Å². The molecule has 6 rings (SSSR count). The van der Waals surface area contributed by atoms with Gasteiger partial charge in [-0.3, -0.25) is 15.5 Å². The van der Waals surface area contributed by atoms with Crippen LogP contribution in [0.25, 0.3) is 11.0 Å². The summed E-state index contributed by atoms with van der Waals surface area (Å²) in [6.07, 6.45) is 6.14. The van der Waals surface area contributed by atoms with E-state index in [4.69, 9.17) is 9.72 Å². The van der Waals surface area contributed by atoms with Crippen molar-refractivity contribution in [3.05, 3.63) is 62.5 Å². The summed E-state index contributed by atoms with van der Waals surface area (Å²) in [5, 5.41) is 7.82. The minimum Gasteiger partial charge on any atom is -0.362 e. The van der Waals surface area contributed by atoms with E-state index in [1.165, 1.54) is 25.6 Å². The number of ether oxygens (including phenoxy) is 1. The summed E-state index contributed by atoms with van der Waals surface area (Å²) in [7, 11) is -1.53. The molecule has 4 bridgehead atoms. The molecule has 3 N–H and O–H groups in total. The zero-order valence-electron chi connectivity index (χ0n) is 28.1. The lowest BCUT2D eigenvalue weighted by atomic mass is 9.85. The second kappa shape index (κ2) is 13.7. The van der Waals surface area contributed by atoms with Gasteiger partial charge in [-0.25, -0.2) is 13.4 Å². The largest absolute Gasteiger partial charge is 0.362 e. The van der Waals surface area contributed by atoms with E-state index in [1.54, 1.807) is 0 Å². The lowest BCUT2D eigenvalue weighted by Gasteiger charge is -2.41. The van der Waals surface area contributed by atoms with Crippen molar-refractivity contribution in [2.75, 3.05) is 13.2 Å². The summed E-state index contributed by atoms with van der Waals surface area (Å²) < 4.78 is 41.0. The maximum Gasteiger partial charge on any atom is 0.216 e. The van der Waals surface area contributed by atoms with Gasteiger partial charge >= 0.3 is 0 Å². The first kappa shape index (κ1) is 34.3. The van der Waals surface area contributed by atoms with Gasteiger partial charge in [-0.1, -0.05) is 45.4 Å². The number of aromatic nitrogens is 2. The number of pyridine rings is 1. The molecule has 1 aliphatic carbocycles. The van der Waals surface area contributed by atoms with Gasteiger partial charge in [0, 0.05) is 53.8 Å².